The number of alkyl halides is 5. The number of rotatable bonds is 4. The Morgan fingerprint density at radius 1 is 0.974 bits per heavy atom. The molecule has 6 rings (SSSR count). The van der Waals surface area contributed by atoms with E-state index in [0.29, 0.717) is 31.2 Å². The number of carbonyl (C=O) groups excluding carboxylic acids is 2. The molecular weight excluding hydrogens is 503 g/mol. The Kier molecular flexibility index (Phi) is 5.67. The highest BCUT2D eigenvalue weighted by atomic mass is 19.4. The lowest BCUT2D eigenvalue weighted by molar-refractivity contribution is -0.362. The number of allylic oxidation sites excluding steroid dienone is 4. The molecule has 1 aromatic rings. The predicted octanol–water partition coefficient (Wildman–Crippen LogP) is 7.11. The molecule has 3 nitrogen and oxygen atoms in total. The summed E-state index contributed by atoms with van der Waals surface area (Å²) in [4.78, 5) is 24.7. The molecule has 1 aromatic carbocycles. The van der Waals surface area contributed by atoms with Gasteiger partial charge in [-0.05, 0) is 86.0 Å². The molecule has 0 unspecified atom stereocenters. The summed E-state index contributed by atoms with van der Waals surface area (Å²) >= 11 is 0. The summed E-state index contributed by atoms with van der Waals surface area (Å²) in [5.41, 5.74) is -0.596. The van der Waals surface area contributed by atoms with Gasteiger partial charge in [0.1, 0.15) is 5.60 Å². The molecule has 5 aliphatic rings. The molecule has 0 saturated heterocycles. The van der Waals surface area contributed by atoms with Crippen molar-refractivity contribution in [1.29, 1.82) is 0 Å². The second-order valence-electron chi connectivity index (χ2n) is 12.2. The van der Waals surface area contributed by atoms with Gasteiger partial charge in [0.25, 0.3) is 0 Å². The van der Waals surface area contributed by atoms with Crippen molar-refractivity contribution in [2.45, 2.75) is 88.3 Å². The van der Waals surface area contributed by atoms with Gasteiger partial charge in [0, 0.05) is 29.2 Å². The smallest absolute Gasteiger partial charge is 0.383 e. The average Bonchev–Trinajstić information content (AvgIpc) is 3.67. The SMILES string of the molecule is C[C@]12C[C@H](c3ccc(C(=O)C4CC4)cc3)C3=C4CCC(=O)C=C4CC[C@H]3[C@@H]1CC[C@@]2(O)C(F)(F)C(F)(F)F. The van der Waals surface area contributed by atoms with Crippen molar-refractivity contribution in [3.05, 3.63) is 58.2 Å². The topological polar surface area (TPSA) is 54.4 Å². The van der Waals surface area contributed by atoms with Crippen LogP contribution in [0.1, 0.15) is 86.6 Å². The number of halogens is 5. The van der Waals surface area contributed by atoms with Crippen LogP contribution in [-0.4, -0.2) is 34.4 Å². The Bertz CT molecular complexity index is 1260. The lowest BCUT2D eigenvalue weighted by Crippen LogP contribution is -2.65. The van der Waals surface area contributed by atoms with Gasteiger partial charge in [0.15, 0.2) is 11.6 Å². The molecule has 0 amide bonds. The second-order valence-corrected chi connectivity index (χ2v) is 12.2. The minimum Gasteiger partial charge on any atom is -0.383 e. The van der Waals surface area contributed by atoms with Crippen molar-refractivity contribution in [3.63, 3.8) is 0 Å². The van der Waals surface area contributed by atoms with Crippen LogP contribution in [-0.2, 0) is 4.79 Å². The van der Waals surface area contributed by atoms with Gasteiger partial charge in [0.2, 0.25) is 0 Å². The van der Waals surface area contributed by atoms with Crippen LogP contribution < -0.4 is 0 Å². The van der Waals surface area contributed by atoms with E-state index in [2.05, 4.69) is 0 Å². The van der Waals surface area contributed by atoms with Crippen molar-refractivity contribution in [2.75, 3.05) is 0 Å². The number of carbonyl (C=O) groups is 2. The van der Waals surface area contributed by atoms with Gasteiger partial charge in [-0.3, -0.25) is 9.59 Å². The van der Waals surface area contributed by atoms with E-state index >= 15 is 8.78 Å². The number of hydrogen-bond donors (Lipinski definition) is 1. The summed E-state index contributed by atoms with van der Waals surface area (Å²) in [5, 5.41) is 11.3. The number of fused-ring (bicyclic) bond motifs is 4. The number of hydrogen-bond acceptors (Lipinski definition) is 3. The molecule has 0 aromatic heterocycles. The molecule has 0 heterocycles. The summed E-state index contributed by atoms with van der Waals surface area (Å²) < 4.78 is 71.1. The summed E-state index contributed by atoms with van der Waals surface area (Å²) in [6.45, 7) is 1.42. The standard InChI is InChI=1S/C30H31F5O3/c1-27-15-23(16-2-4-17(5-3-16)26(37)18-6-7-18)25-21-11-9-20(36)14-19(21)8-10-22(25)24(27)12-13-28(27,38)29(31,32)30(33,34)35/h2-5,14,18,22-24,38H,6-13,15H2,1H3/t22-,23+,24-,27-,28-/m0/s1. The molecular formula is C30H31F5O3. The molecule has 0 spiro atoms. The largest absolute Gasteiger partial charge is 0.456 e. The molecule has 0 aliphatic heterocycles. The summed E-state index contributed by atoms with van der Waals surface area (Å²) in [6.07, 6.45) is -1.11. The number of benzene rings is 1. The minimum absolute atomic E-state index is 0.0356. The highest BCUT2D eigenvalue weighted by Gasteiger charge is 2.79. The van der Waals surface area contributed by atoms with Crippen LogP contribution in [0, 0.1) is 23.2 Å². The first kappa shape index (κ1) is 25.9. The molecule has 3 saturated carbocycles. The molecule has 204 valence electrons. The van der Waals surface area contributed by atoms with Crippen LogP contribution in [0.15, 0.2) is 47.1 Å². The zero-order chi connectivity index (χ0) is 27.3. The van der Waals surface area contributed by atoms with Crippen LogP contribution in [0.5, 0.6) is 0 Å². The van der Waals surface area contributed by atoms with Crippen LogP contribution >= 0.6 is 0 Å². The molecule has 5 aliphatic carbocycles. The maximum Gasteiger partial charge on any atom is 0.456 e. The third kappa shape index (κ3) is 3.54. The second kappa shape index (κ2) is 8.33. The highest BCUT2D eigenvalue weighted by Crippen LogP contribution is 2.70. The normalized spacial score (nSPS) is 35.4. The van der Waals surface area contributed by atoms with E-state index in [1.807, 2.05) is 0 Å². The van der Waals surface area contributed by atoms with Gasteiger partial charge >= 0.3 is 12.1 Å². The molecule has 8 heteroatoms. The Morgan fingerprint density at radius 3 is 2.29 bits per heavy atom. The van der Waals surface area contributed by atoms with Crippen molar-refractivity contribution >= 4 is 11.6 Å². The van der Waals surface area contributed by atoms with Crippen molar-refractivity contribution in [1.82, 2.24) is 0 Å². The van der Waals surface area contributed by atoms with E-state index in [9.17, 15) is 27.9 Å². The van der Waals surface area contributed by atoms with Crippen molar-refractivity contribution in [2.24, 2.45) is 23.2 Å². The Labute approximate surface area is 218 Å². The van der Waals surface area contributed by atoms with E-state index in [-0.39, 0.29) is 36.2 Å². The third-order valence-electron chi connectivity index (χ3n) is 10.3. The number of ketones is 2. The lowest BCUT2D eigenvalue weighted by Gasteiger charge is -2.56. The van der Waals surface area contributed by atoms with E-state index in [0.717, 1.165) is 35.1 Å². The first-order chi connectivity index (χ1) is 17.8. The van der Waals surface area contributed by atoms with Crippen LogP contribution in [0.2, 0.25) is 0 Å². The first-order valence-corrected chi connectivity index (χ1v) is 13.6. The molecule has 1 N–H and O–H groups in total. The summed E-state index contributed by atoms with van der Waals surface area (Å²) in [7, 11) is 0. The zero-order valence-corrected chi connectivity index (χ0v) is 21.2. The number of Topliss-reactive ketones (excluding diaryl/α,β-unsaturated/α-hetero) is 1. The van der Waals surface area contributed by atoms with Gasteiger partial charge in [-0.2, -0.15) is 22.0 Å². The fraction of sp³-hybridized carbons (Fsp3) is 0.600. The molecule has 5 atom stereocenters. The quantitative estimate of drug-likeness (QED) is 0.331. The Balaban J connectivity index is 1.48. The average molecular weight is 535 g/mol. The molecule has 0 radical (unpaired) electrons. The maximum absolute atomic E-state index is 15.1. The fourth-order valence-corrected chi connectivity index (χ4v) is 8.18. The van der Waals surface area contributed by atoms with Gasteiger partial charge in [0.05, 0.1) is 0 Å². The lowest BCUT2D eigenvalue weighted by atomic mass is 9.50. The highest BCUT2D eigenvalue weighted by molar-refractivity contribution is 5.99. The molecule has 0 bridgehead atoms. The summed E-state index contributed by atoms with van der Waals surface area (Å²) in [5.74, 6) is -6.39. The van der Waals surface area contributed by atoms with E-state index in [1.165, 1.54) is 6.92 Å². The zero-order valence-electron chi connectivity index (χ0n) is 21.2. The first-order valence-electron chi connectivity index (χ1n) is 13.6. The maximum atomic E-state index is 15.1. The van der Waals surface area contributed by atoms with Gasteiger partial charge in [-0.25, -0.2) is 0 Å². The Morgan fingerprint density at radius 2 is 1.66 bits per heavy atom. The van der Waals surface area contributed by atoms with E-state index in [4.69, 9.17) is 0 Å². The monoisotopic (exact) mass is 534 g/mol. The minimum atomic E-state index is -5.87. The van der Waals surface area contributed by atoms with Crippen molar-refractivity contribution in [3.8, 4) is 0 Å². The van der Waals surface area contributed by atoms with E-state index in [1.54, 1.807) is 30.3 Å². The van der Waals surface area contributed by atoms with Crippen LogP contribution in [0.4, 0.5) is 22.0 Å². The van der Waals surface area contributed by atoms with Gasteiger partial charge in [-0.15, -0.1) is 0 Å². The Hall–Kier alpha value is -2.35. The predicted molar refractivity (Wildman–Crippen MR) is 130 cm³/mol. The third-order valence-corrected chi connectivity index (χ3v) is 10.3. The number of aliphatic hydroxyl groups is 1. The van der Waals surface area contributed by atoms with Gasteiger partial charge < -0.3 is 5.11 Å². The van der Waals surface area contributed by atoms with Crippen LogP contribution in [0.25, 0.3) is 0 Å². The fourth-order valence-electron chi connectivity index (χ4n) is 8.18. The van der Waals surface area contributed by atoms with Crippen molar-refractivity contribution < 1.29 is 36.6 Å². The van der Waals surface area contributed by atoms with Gasteiger partial charge in [-0.1, -0.05) is 36.8 Å². The molecule has 3 fully saturated rings. The van der Waals surface area contributed by atoms with Crippen LogP contribution in [0.3, 0.4) is 0 Å². The molecule has 38 heavy (non-hydrogen) atoms. The summed E-state index contributed by atoms with van der Waals surface area (Å²) in [6, 6.07) is 7.02. The van der Waals surface area contributed by atoms with E-state index < -0.39 is 41.4 Å².